The molecular weight excluding hydrogens is 361 g/mol. The van der Waals surface area contributed by atoms with Crippen molar-refractivity contribution in [2.75, 3.05) is 6.61 Å². The lowest BCUT2D eigenvalue weighted by atomic mass is 10.2. The van der Waals surface area contributed by atoms with Gasteiger partial charge in [-0.1, -0.05) is 12.1 Å². The number of hydrogen-bond donors (Lipinski definition) is 0. The van der Waals surface area contributed by atoms with Crippen LogP contribution in [0.5, 0.6) is 5.75 Å². The number of carbonyl (C=O) groups is 1. The van der Waals surface area contributed by atoms with E-state index in [1.807, 2.05) is 0 Å². The van der Waals surface area contributed by atoms with Crippen LogP contribution in [-0.4, -0.2) is 27.7 Å². The van der Waals surface area contributed by atoms with Gasteiger partial charge in [-0.3, -0.25) is 10.1 Å². The van der Waals surface area contributed by atoms with Crippen LogP contribution >= 0.6 is 0 Å². The number of carbonyl (C=O) groups excluding carboxylic acids is 1. The maximum Gasteiger partial charge on any atom is 0.344 e. The number of halogens is 1. The summed E-state index contributed by atoms with van der Waals surface area (Å²) in [5.74, 6) is -1.24. The van der Waals surface area contributed by atoms with Crippen molar-refractivity contribution in [1.82, 2.24) is 10.2 Å². The summed E-state index contributed by atoms with van der Waals surface area (Å²) in [5, 5.41) is 18.2. The second-order valence-electron chi connectivity index (χ2n) is 5.18. The summed E-state index contributed by atoms with van der Waals surface area (Å²) in [5.41, 5.74) is 0.413. The highest BCUT2D eigenvalue weighted by Gasteiger charge is 2.13. The van der Waals surface area contributed by atoms with Gasteiger partial charge in [0.05, 0.1) is 4.92 Å². The van der Waals surface area contributed by atoms with Crippen LogP contribution < -0.4 is 4.74 Å². The lowest BCUT2D eigenvalue weighted by Crippen LogP contribution is -2.15. The van der Waals surface area contributed by atoms with E-state index in [2.05, 4.69) is 10.2 Å². The van der Waals surface area contributed by atoms with Gasteiger partial charge in [-0.05, 0) is 24.3 Å². The monoisotopic (exact) mass is 373 g/mol. The van der Waals surface area contributed by atoms with Crippen LogP contribution in [0.1, 0.15) is 5.89 Å². The lowest BCUT2D eigenvalue weighted by molar-refractivity contribution is -0.384. The summed E-state index contributed by atoms with van der Waals surface area (Å²) < 4.78 is 28.6. The highest BCUT2D eigenvalue weighted by Crippen LogP contribution is 2.21. The van der Waals surface area contributed by atoms with Crippen LogP contribution in [0.2, 0.25) is 0 Å². The summed E-state index contributed by atoms with van der Waals surface area (Å²) in [6.45, 7) is -0.774. The van der Waals surface area contributed by atoms with Crippen LogP contribution in [0.4, 0.5) is 10.1 Å². The van der Waals surface area contributed by atoms with E-state index in [0.29, 0.717) is 5.56 Å². The van der Waals surface area contributed by atoms with Crippen molar-refractivity contribution >= 4 is 11.7 Å². The van der Waals surface area contributed by atoms with E-state index in [-0.39, 0.29) is 29.8 Å². The Labute approximate surface area is 151 Å². The first-order valence-electron chi connectivity index (χ1n) is 7.63. The molecule has 1 aromatic heterocycles. The molecule has 0 saturated carbocycles. The van der Waals surface area contributed by atoms with Gasteiger partial charge in [-0.15, -0.1) is 10.2 Å². The van der Waals surface area contributed by atoms with Gasteiger partial charge in [-0.2, -0.15) is 0 Å². The third-order valence-corrected chi connectivity index (χ3v) is 3.33. The first-order chi connectivity index (χ1) is 13.0. The minimum Gasteiger partial charge on any atom is -0.479 e. The first kappa shape index (κ1) is 18.0. The van der Waals surface area contributed by atoms with Gasteiger partial charge in [0.2, 0.25) is 5.89 Å². The molecule has 0 unspecified atom stereocenters. The molecule has 0 aliphatic rings. The highest BCUT2D eigenvalue weighted by molar-refractivity contribution is 5.71. The molecule has 0 atom stereocenters. The third-order valence-electron chi connectivity index (χ3n) is 3.33. The maximum absolute atomic E-state index is 13.4. The van der Waals surface area contributed by atoms with Crippen LogP contribution in [0, 0.1) is 15.9 Å². The fraction of sp³-hybridized carbons (Fsp3) is 0.118. The highest BCUT2D eigenvalue weighted by atomic mass is 19.1. The third kappa shape index (κ3) is 4.63. The van der Waals surface area contributed by atoms with Crippen molar-refractivity contribution in [2.45, 2.75) is 6.61 Å². The predicted molar refractivity (Wildman–Crippen MR) is 88.1 cm³/mol. The molecule has 9 nitrogen and oxygen atoms in total. The number of ether oxygens (including phenoxy) is 2. The number of non-ortho nitro benzene ring substituents is 1. The molecule has 27 heavy (non-hydrogen) atoms. The summed E-state index contributed by atoms with van der Waals surface area (Å²) in [7, 11) is 0. The number of hydrogen-bond acceptors (Lipinski definition) is 8. The molecule has 138 valence electrons. The van der Waals surface area contributed by atoms with Gasteiger partial charge in [0.25, 0.3) is 11.6 Å². The average Bonchev–Trinajstić information content (AvgIpc) is 3.15. The standard InChI is InChI=1S/C17H12FN3O6/c18-13-3-1-2-4-14(13)25-10-16(22)26-9-15-19-20-17(27-15)11-5-7-12(8-6-11)21(23)24/h1-8H,9-10H2. The van der Waals surface area contributed by atoms with E-state index in [0.717, 1.165) is 0 Å². The number of aromatic nitrogens is 2. The fourth-order valence-corrected chi connectivity index (χ4v) is 2.04. The Kier molecular flexibility index (Phi) is 5.36. The number of esters is 1. The molecule has 3 rings (SSSR count). The van der Waals surface area contributed by atoms with E-state index in [9.17, 15) is 19.3 Å². The number of nitrogens with zero attached hydrogens (tertiary/aromatic N) is 3. The van der Waals surface area contributed by atoms with Gasteiger partial charge in [0, 0.05) is 17.7 Å². The molecule has 1 heterocycles. The molecular formula is C17H12FN3O6. The van der Waals surface area contributed by atoms with Gasteiger partial charge in [0.1, 0.15) is 0 Å². The van der Waals surface area contributed by atoms with E-state index in [4.69, 9.17) is 13.9 Å². The molecule has 0 bridgehead atoms. The minimum absolute atomic E-state index is 0.0302. The molecule has 0 aliphatic carbocycles. The van der Waals surface area contributed by atoms with E-state index in [1.165, 1.54) is 42.5 Å². The largest absolute Gasteiger partial charge is 0.479 e. The maximum atomic E-state index is 13.4. The number of nitro groups is 1. The van der Waals surface area contributed by atoms with E-state index >= 15 is 0 Å². The summed E-state index contributed by atoms with van der Waals surface area (Å²) in [6, 6.07) is 11.2. The molecule has 0 fully saturated rings. The van der Waals surface area contributed by atoms with Gasteiger partial charge in [-0.25, -0.2) is 9.18 Å². The number of benzene rings is 2. The molecule has 2 aromatic carbocycles. The van der Waals surface area contributed by atoms with Gasteiger partial charge >= 0.3 is 5.97 Å². The topological polar surface area (TPSA) is 118 Å². The van der Waals surface area contributed by atoms with Crippen LogP contribution in [0.15, 0.2) is 52.9 Å². The molecule has 0 spiro atoms. The van der Waals surface area contributed by atoms with Crippen molar-refractivity contribution in [1.29, 1.82) is 0 Å². The van der Waals surface area contributed by atoms with E-state index in [1.54, 1.807) is 6.07 Å². The second kappa shape index (κ2) is 8.04. The summed E-state index contributed by atoms with van der Waals surface area (Å²) in [6.07, 6.45) is 0. The fourth-order valence-electron chi connectivity index (χ4n) is 2.04. The molecule has 0 N–H and O–H groups in total. The van der Waals surface area contributed by atoms with Crippen LogP contribution in [-0.2, 0) is 16.1 Å². The van der Waals surface area contributed by atoms with E-state index < -0.39 is 23.3 Å². The Morgan fingerprint density at radius 3 is 2.59 bits per heavy atom. The zero-order valence-corrected chi connectivity index (χ0v) is 13.7. The molecule has 0 amide bonds. The molecule has 3 aromatic rings. The molecule has 10 heteroatoms. The van der Waals surface area contributed by atoms with Crippen LogP contribution in [0.3, 0.4) is 0 Å². The Morgan fingerprint density at radius 2 is 1.89 bits per heavy atom. The smallest absolute Gasteiger partial charge is 0.344 e. The molecule has 0 aliphatic heterocycles. The number of nitro benzene ring substituents is 1. The van der Waals surface area contributed by atoms with Crippen molar-refractivity contribution < 1.29 is 28.0 Å². The summed E-state index contributed by atoms with van der Waals surface area (Å²) in [4.78, 5) is 21.8. The Bertz CT molecular complexity index is 957. The second-order valence-corrected chi connectivity index (χ2v) is 5.18. The Balaban J connectivity index is 1.52. The normalized spacial score (nSPS) is 10.4. The minimum atomic E-state index is -0.742. The zero-order valence-electron chi connectivity index (χ0n) is 13.7. The predicted octanol–water partition coefficient (Wildman–Crippen LogP) is 2.91. The zero-order chi connectivity index (χ0) is 19.2. The molecule has 0 saturated heterocycles. The van der Waals surface area contributed by atoms with Crippen LogP contribution in [0.25, 0.3) is 11.5 Å². The number of para-hydroxylation sites is 1. The quantitative estimate of drug-likeness (QED) is 0.352. The van der Waals surface area contributed by atoms with Crippen molar-refractivity contribution in [3.05, 3.63) is 70.4 Å². The summed E-state index contributed by atoms with van der Waals surface area (Å²) >= 11 is 0. The average molecular weight is 373 g/mol. The first-order valence-corrected chi connectivity index (χ1v) is 7.63. The SMILES string of the molecule is O=C(COc1ccccc1F)OCc1nnc(-c2ccc([N+](=O)[O-])cc2)o1. The van der Waals surface area contributed by atoms with Crippen molar-refractivity contribution in [3.8, 4) is 17.2 Å². The van der Waals surface area contributed by atoms with Crippen molar-refractivity contribution in [3.63, 3.8) is 0 Å². The van der Waals surface area contributed by atoms with Gasteiger partial charge in [0.15, 0.2) is 24.8 Å². The van der Waals surface area contributed by atoms with Crippen molar-refractivity contribution in [2.24, 2.45) is 0 Å². The Morgan fingerprint density at radius 1 is 1.15 bits per heavy atom. The Hall–Kier alpha value is -3.82. The lowest BCUT2D eigenvalue weighted by Gasteiger charge is -2.06. The molecule has 0 radical (unpaired) electrons. The van der Waals surface area contributed by atoms with Gasteiger partial charge < -0.3 is 13.9 Å². The number of rotatable bonds is 7.